The van der Waals surface area contributed by atoms with Gasteiger partial charge in [0.1, 0.15) is 18.9 Å². The Morgan fingerprint density at radius 1 is 1.04 bits per heavy atom. The molecule has 0 fully saturated rings. The minimum atomic E-state index is 0.617. The monoisotopic (exact) mass is 398 g/mol. The maximum Gasteiger partial charge on any atom is 0.269 e. The molecule has 2 aromatic heterocycles. The Morgan fingerprint density at radius 3 is 2.43 bits per heavy atom. The van der Waals surface area contributed by atoms with Crippen LogP contribution >= 0.6 is 11.3 Å². The molecule has 3 aromatic rings. The van der Waals surface area contributed by atoms with Crippen LogP contribution in [0.2, 0.25) is 0 Å². The van der Waals surface area contributed by atoms with Gasteiger partial charge in [-0.1, -0.05) is 18.2 Å². The van der Waals surface area contributed by atoms with Gasteiger partial charge in [-0.2, -0.15) is 5.43 Å². The van der Waals surface area contributed by atoms with E-state index >= 15 is 0 Å². The van der Waals surface area contributed by atoms with Crippen molar-refractivity contribution in [3.05, 3.63) is 53.3 Å². The number of quaternary nitrogens is 1. The summed E-state index contributed by atoms with van der Waals surface area (Å²) >= 11 is 1.66. The first-order chi connectivity index (χ1) is 13.5. The summed E-state index contributed by atoms with van der Waals surface area (Å²) in [4.78, 5) is 14.8. The smallest absolute Gasteiger partial charge is 0.269 e. The molecule has 2 heterocycles. The highest BCUT2D eigenvalue weighted by molar-refractivity contribution is 7.15. The van der Waals surface area contributed by atoms with Crippen molar-refractivity contribution in [2.24, 2.45) is 0 Å². The Bertz CT molecular complexity index is 893. The summed E-state index contributed by atoms with van der Waals surface area (Å²) in [5.74, 6) is 1.52. The Balaban J connectivity index is 1.72. The van der Waals surface area contributed by atoms with Crippen molar-refractivity contribution in [3.8, 4) is 16.3 Å². The van der Waals surface area contributed by atoms with Crippen LogP contribution in [0, 0.1) is 13.8 Å². The standard InChI is InChI=1S/C21H28N5OS/c1-5-26(6-2,14-15-27-18-10-8-7-9-11-18)25-21-22-13-12-19(24-21)20-16(3)23-17(4)28-20/h7-13H,5-6,14-15H2,1-4H3,(H,22,24,25)/q+1. The van der Waals surface area contributed by atoms with Crippen LogP contribution in [0.4, 0.5) is 5.95 Å². The molecule has 0 aliphatic heterocycles. The SMILES string of the molecule is CC[N+](CC)(CCOc1ccccc1)Nc1nccc(-c2sc(C)nc2C)n1. The second kappa shape index (κ2) is 9.12. The molecule has 0 amide bonds. The van der Waals surface area contributed by atoms with E-state index in [2.05, 4.69) is 29.2 Å². The molecule has 0 atom stereocenters. The fraction of sp³-hybridized carbons (Fsp3) is 0.381. The highest BCUT2D eigenvalue weighted by Crippen LogP contribution is 2.28. The number of nitrogens with one attached hydrogen (secondary N) is 1. The van der Waals surface area contributed by atoms with E-state index in [0.29, 0.717) is 17.1 Å². The first-order valence-electron chi connectivity index (χ1n) is 9.65. The summed E-state index contributed by atoms with van der Waals surface area (Å²) in [6.45, 7) is 11.6. The lowest BCUT2D eigenvalue weighted by Gasteiger charge is -2.35. The molecule has 148 valence electrons. The van der Waals surface area contributed by atoms with Crippen molar-refractivity contribution in [2.75, 3.05) is 31.7 Å². The number of nitrogens with zero attached hydrogens (tertiary/aromatic N) is 4. The van der Waals surface area contributed by atoms with Crippen LogP contribution < -0.4 is 10.2 Å². The maximum absolute atomic E-state index is 5.91. The molecule has 7 heteroatoms. The number of likely N-dealkylation sites (N-methyl/N-ethyl adjacent to an activating group) is 1. The van der Waals surface area contributed by atoms with Gasteiger partial charge in [-0.25, -0.2) is 19.5 Å². The van der Waals surface area contributed by atoms with Crippen LogP contribution in [-0.4, -0.2) is 45.8 Å². The molecule has 1 N–H and O–H groups in total. The molecule has 6 nitrogen and oxygen atoms in total. The molecular weight excluding hydrogens is 370 g/mol. The lowest BCUT2D eigenvalue weighted by molar-refractivity contribution is -0.904. The van der Waals surface area contributed by atoms with Crippen molar-refractivity contribution in [1.29, 1.82) is 0 Å². The third-order valence-corrected chi connectivity index (χ3v) is 5.97. The zero-order valence-electron chi connectivity index (χ0n) is 17.0. The molecule has 0 unspecified atom stereocenters. The van der Waals surface area contributed by atoms with Gasteiger partial charge < -0.3 is 4.74 Å². The predicted octanol–water partition coefficient (Wildman–Crippen LogP) is 4.48. The molecule has 3 rings (SSSR count). The van der Waals surface area contributed by atoms with Crippen LogP contribution in [0.5, 0.6) is 5.75 Å². The minimum absolute atomic E-state index is 0.617. The molecule has 28 heavy (non-hydrogen) atoms. The molecule has 0 saturated heterocycles. The van der Waals surface area contributed by atoms with Crippen LogP contribution in [-0.2, 0) is 0 Å². The second-order valence-corrected chi connectivity index (χ2v) is 7.89. The van der Waals surface area contributed by atoms with E-state index in [1.807, 2.05) is 50.2 Å². The van der Waals surface area contributed by atoms with Crippen LogP contribution in [0.15, 0.2) is 42.6 Å². The van der Waals surface area contributed by atoms with Crippen molar-refractivity contribution in [3.63, 3.8) is 0 Å². The van der Waals surface area contributed by atoms with E-state index in [-0.39, 0.29) is 0 Å². The van der Waals surface area contributed by atoms with E-state index in [4.69, 9.17) is 9.72 Å². The van der Waals surface area contributed by atoms with E-state index in [1.165, 1.54) is 0 Å². The van der Waals surface area contributed by atoms with Crippen LogP contribution in [0.3, 0.4) is 0 Å². The van der Waals surface area contributed by atoms with Gasteiger partial charge in [0.05, 0.1) is 34.4 Å². The normalized spacial score (nSPS) is 11.4. The first kappa shape index (κ1) is 20.2. The molecule has 0 spiro atoms. The van der Waals surface area contributed by atoms with Crippen molar-refractivity contribution in [1.82, 2.24) is 15.0 Å². The maximum atomic E-state index is 5.91. The third-order valence-electron chi connectivity index (χ3n) is 4.87. The Hall–Kier alpha value is -2.51. The van der Waals surface area contributed by atoms with E-state index in [9.17, 15) is 0 Å². The highest BCUT2D eigenvalue weighted by atomic mass is 32.1. The lowest BCUT2D eigenvalue weighted by atomic mass is 10.3. The molecule has 0 aliphatic carbocycles. The lowest BCUT2D eigenvalue weighted by Crippen LogP contribution is -2.54. The van der Waals surface area contributed by atoms with Crippen LogP contribution in [0.25, 0.3) is 10.6 Å². The summed E-state index contributed by atoms with van der Waals surface area (Å²) in [5.41, 5.74) is 5.45. The van der Waals surface area contributed by atoms with Crippen LogP contribution in [0.1, 0.15) is 24.5 Å². The van der Waals surface area contributed by atoms with Gasteiger partial charge in [0.25, 0.3) is 5.95 Å². The molecule has 0 bridgehead atoms. The number of rotatable bonds is 9. The Morgan fingerprint density at radius 2 is 1.79 bits per heavy atom. The summed E-state index contributed by atoms with van der Waals surface area (Å²) in [6, 6.07) is 11.9. The number of para-hydroxylation sites is 1. The van der Waals surface area contributed by atoms with E-state index in [0.717, 1.165) is 46.7 Å². The second-order valence-electron chi connectivity index (χ2n) is 6.69. The first-order valence-corrected chi connectivity index (χ1v) is 10.5. The van der Waals surface area contributed by atoms with Gasteiger partial charge in [-0.05, 0) is 45.9 Å². The number of hydrogen-bond acceptors (Lipinski definition) is 6. The molecule has 1 aromatic carbocycles. The molecule has 0 saturated carbocycles. The minimum Gasteiger partial charge on any atom is -0.488 e. The predicted molar refractivity (Wildman–Crippen MR) is 114 cm³/mol. The number of aromatic nitrogens is 3. The fourth-order valence-electron chi connectivity index (χ4n) is 3.13. The number of hydrogen-bond donors (Lipinski definition) is 1. The number of thiazole rings is 1. The van der Waals surface area contributed by atoms with Crippen molar-refractivity contribution >= 4 is 17.3 Å². The van der Waals surface area contributed by atoms with Gasteiger partial charge in [-0.3, -0.25) is 0 Å². The molecular formula is C21H28N5OS+. The molecule has 0 radical (unpaired) electrons. The number of benzene rings is 1. The van der Waals surface area contributed by atoms with E-state index < -0.39 is 0 Å². The Labute approximate surface area is 170 Å². The van der Waals surface area contributed by atoms with Gasteiger partial charge >= 0.3 is 0 Å². The van der Waals surface area contributed by atoms with Crippen molar-refractivity contribution < 1.29 is 9.33 Å². The van der Waals surface area contributed by atoms with Gasteiger partial charge in [0, 0.05) is 6.20 Å². The quantitative estimate of drug-likeness (QED) is 0.425. The summed E-state index contributed by atoms with van der Waals surface area (Å²) in [7, 11) is 0. The highest BCUT2D eigenvalue weighted by Gasteiger charge is 2.25. The zero-order valence-corrected chi connectivity index (χ0v) is 17.8. The zero-order chi connectivity index (χ0) is 20.0. The fourth-order valence-corrected chi connectivity index (χ4v) is 4.02. The van der Waals surface area contributed by atoms with E-state index in [1.54, 1.807) is 17.5 Å². The molecule has 0 aliphatic rings. The summed E-state index contributed by atoms with van der Waals surface area (Å²) in [5, 5.41) is 1.05. The Kier molecular flexibility index (Phi) is 6.59. The third kappa shape index (κ3) is 4.85. The number of ether oxygens (including phenoxy) is 1. The average molecular weight is 399 g/mol. The summed E-state index contributed by atoms with van der Waals surface area (Å²) in [6.07, 6.45) is 1.81. The number of anilines is 1. The number of aryl methyl sites for hydroxylation is 2. The average Bonchev–Trinajstić information content (AvgIpc) is 3.06. The van der Waals surface area contributed by atoms with Gasteiger partial charge in [0.2, 0.25) is 0 Å². The summed E-state index contributed by atoms with van der Waals surface area (Å²) < 4.78 is 6.56. The van der Waals surface area contributed by atoms with Gasteiger partial charge in [0.15, 0.2) is 0 Å². The van der Waals surface area contributed by atoms with Gasteiger partial charge in [-0.15, -0.1) is 11.3 Å². The van der Waals surface area contributed by atoms with Crippen molar-refractivity contribution in [2.45, 2.75) is 27.7 Å². The largest absolute Gasteiger partial charge is 0.488 e. The topological polar surface area (TPSA) is 59.9 Å².